The molecule has 1 heterocycles. The number of rotatable bonds is 9. The number of esters is 4. The van der Waals surface area contributed by atoms with Crippen LogP contribution in [0.4, 0.5) is 0 Å². The van der Waals surface area contributed by atoms with Gasteiger partial charge < -0.3 is 28.8 Å². The van der Waals surface area contributed by atoms with Crippen molar-refractivity contribution in [2.24, 2.45) is 50.7 Å². The van der Waals surface area contributed by atoms with Gasteiger partial charge >= 0.3 is 23.9 Å². The topological polar surface area (TPSA) is 135 Å². The number of aliphatic hydroxyl groups is 1. The monoisotopic (exact) mass is 762 g/mol. The number of benzene rings is 1. The zero-order chi connectivity index (χ0) is 39.9. The van der Waals surface area contributed by atoms with Gasteiger partial charge in [0.15, 0.2) is 6.10 Å². The van der Waals surface area contributed by atoms with E-state index in [1.807, 2.05) is 30.3 Å². The summed E-state index contributed by atoms with van der Waals surface area (Å²) in [5.74, 6) is -1.08. The third-order valence-electron chi connectivity index (χ3n) is 16.1. The predicted molar refractivity (Wildman–Crippen MR) is 204 cm³/mol. The predicted octanol–water partition coefficient (Wildman–Crippen LogP) is 7.59. The molecule has 302 valence electrons. The summed E-state index contributed by atoms with van der Waals surface area (Å²) in [7, 11) is 0. The molecule has 0 unspecified atom stereocenters. The van der Waals surface area contributed by atoms with Crippen molar-refractivity contribution < 1.29 is 48.0 Å². The van der Waals surface area contributed by atoms with Crippen LogP contribution in [-0.2, 0) is 42.9 Å². The van der Waals surface area contributed by atoms with Crippen LogP contribution in [0.3, 0.4) is 0 Å². The van der Waals surface area contributed by atoms with Crippen LogP contribution in [0.5, 0.6) is 0 Å². The molecule has 10 nitrogen and oxygen atoms in total. The van der Waals surface area contributed by atoms with Gasteiger partial charge in [-0.25, -0.2) is 4.79 Å². The smallest absolute Gasteiger partial charge is 0.331 e. The fraction of sp³-hybridized carbons (Fsp3) is 0.733. The summed E-state index contributed by atoms with van der Waals surface area (Å²) in [5.41, 5.74) is -1.26. The summed E-state index contributed by atoms with van der Waals surface area (Å²) in [5, 5.41) is 11.1. The third kappa shape index (κ3) is 6.36. The Bertz CT molecular complexity index is 1710. The maximum absolute atomic E-state index is 13.2. The quantitative estimate of drug-likeness (QED) is 0.152. The second-order valence-electron chi connectivity index (χ2n) is 19.6. The van der Waals surface area contributed by atoms with E-state index in [1.165, 1.54) is 26.8 Å². The van der Waals surface area contributed by atoms with Gasteiger partial charge in [0.1, 0.15) is 18.3 Å². The number of hydrogen-bond acceptors (Lipinski definition) is 10. The van der Waals surface area contributed by atoms with Gasteiger partial charge in [-0.05, 0) is 117 Å². The van der Waals surface area contributed by atoms with E-state index in [1.54, 1.807) is 19.9 Å². The summed E-state index contributed by atoms with van der Waals surface area (Å²) >= 11 is 0. The fourth-order valence-electron chi connectivity index (χ4n) is 14.1. The molecule has 1 N–H and O–H groups in total. The Morgan fingerprint density at radius 1 is 0.836 bits per heavy atom. The summed E-state index contributed by atoms with van der Waals surface area (Å²) in [6.07, 6.45) is 8.15. The van der Waals surface area contributed by atoms with Crippen molar-refractivity contribution in [1.29, 1.82) is 0 Å². The number of fused-ring (bicyclic) bond motifs is 3. The SMILES string of the molecule is CC(=O)O[C@@H]1O[C@@H]([C@H](OC(C)=O)C(C)(C)O)C[C@@H]1[C@@H]1CC[C@]23C[C@]12CC[C@@H]1[C@@]2(C)CC[C@@H](OC(=O)C=Cc4ccccc4)C(C)(C)[C@@H]2C[C@@H](OC(C)=O)[C@]13C. The summed E-state index contributed by atoms with van der Waals surface area (Å²) in [6, 6.07) is 9.73. The van der Waals surface area contributed by atoms with Crippen molar-refractivity contribution in [3.05, 3.63) is 42.0 Å². The van der Waals surface area contributed by atoms with Gasteiger partial charge in [-0.1, -0.05) is 58.0 Å². The zero-order valence-electron chi connectivity index (χ0n) is 34.2. The molecule has 5 saturated carbocycles. The molecular weight excluding hydrogens is 700 g/mol. The molecule has 1 aromatic carbocycles. The average molecular weight is 763 g/mol. The molecule has 1 saturated heterocycles. The molecule has 0 radical (unpaired) electrons. The van der Waals surface area contributed by atoms with Crippen LogP contribution in [0.2, 0.25) is 0 Å². The zero-order valence-corrected chi connectivity index (χ0v) is 34.2. The second kappa shape index (κ2) is 13.7. The number of hydrogen-bond donors (Lipinski definition) is 1. The standard InChI is InChI=1S/C45H62O10/c1-26(46)51-36-24-34-40(4,5)35(55-37(49)16-15-29-13-11-10-12-14-29)19-20-42(34,8)33-18-21-44-25-45(44,43(33,36)9)22-17-31(44)30-23-32(54-39(30)53-28(3)48)38(41(6,7)50)52-27(2)47/h10-16,30-36,38-39,50H,17-25H2,1-9H3/t30-,31+,32-,33-,34+,35-,36-,38+,39-,42-,43+,44-,45-/m1/s1. The van der Waals surface area contributed by atoms with Crippen LogP contribution < -0.4 is 0 Å². The van der Waals surface area contributed by atoms with Gasteiger partial charge in [0, 0.05) is 43.6 Å². The van der Waals surface area contributed by atoms with E-state index in [-0.39, 0.29) is 74.9 Å². The van der Waals surface area contributed by atoms with E-state index >= 15 is 0 Å². The van der Waals surface area contributed by atoms with Gasteiger partial charge in [0.25, 0.3) is 0 Å². The van der Waals surface area contributed by atoms with Crippen molar-refractivity contribution in [2.75, 3.05) is 0 Å². The molecule has 0 bridgehead atoms. The molecule has 6 fully saturated rings. The van der Waals surface area contributed by atoms with E-state index in [2.05, 4.69) is 27.7 Å². The lowest BCUT2D eigenvalue weighted by molar-refractivity contribution is -0.251. The highest BCUT2D eigenvalue weighted by Gasteiger charge is 2.86. The summed E-state index contributed by atoms with van der Waals surface area (Å²) in [6.45, 7) is 16.8. The molecule has 0 spiro atoms. The molecule has 1 aliphatic heterocycles. The Morgan fingerprint density at radius 2 is 1.53 bits per heavy atom. The van der Waals surface area contributed by atoms with Crippen LogP contribution in [0.25, 0.3) is 6.08 Å². The molecule has 10 heteroatoms. The second-order valence-corrected chi connectivity index (χ2v) is 19.6. The van der Waals surface area contributed by atoms with Gasteiger partial charge in [-0.3, -0.25) is 14.4 Å². The molecule has 0 aromatic heterocycles. The highest BCUT2D eigenvalue weighted by molar-refractivity contribution is 5.87. The van der Waals surface area contributed by atoms with Crippen molar-refractivity contribution in [2.45, 2.75) is 156 Å². The largest absolute Gasteiger partial charge is 0.462 e. The van der Waals surface area contributed by atoms with Gasteiger partial charge in [-0.15, -0.1) is 0 Å². The minimum atomic E-state index is -1.37. The lowest BCUT2D eigenvalue weighted by atomic mass is 9.37. The first-order chi connectivity index (χ1) is 25.7. The van der Waals surface area contributed by atoms with Crippen LogP contribution in [-0.4, -0.2) is 65.3 Å². The molecular formula is C45H62O10. The van der Waals surface area contributed by atoms with E-state index in [4.69, 9.17) is 23.7 Å². The van der Waals surface area contributed by atoms with E-state index in [0.29, 0.717) is 12.8 Å². The number of ether oxygens (including phenoxy) is 5. The maximum atomic E-state index is 13.2. The minimum absolute atomic E-state index is 0.0415. The Morgan fingerprint density at radius 3 is 2.16 bits per heavy atom. The molecule has 0 amide bonds. The van der Waals surface area contributed by atoms with Crippen molar-refractivity contribution in [1.82, 2.24) is 0 Å². The summed E-state index contributed by atoms with van der Waals surface area (Å²) < 4.78 is 30.7. The first-order valence-electron chi connectivity index (χ1n) is 20.5. The highest BCUT2D eigenvalue weighted by Crippen LogP contribution is 2.91. The minimum Gasteiger partial charge on any atom is -0.462 e. The van der Waals surface area contributed by atoms with Gasteiger partial charge in [0.05, 0.1) is 5.60 Å². The first-order valence-corrected chi connectivity index (χ1v) is 20.5. The lowest BCUT2D eigenvalue weighted by Gasteiger charge is -2.68. The van der Waals surface area contributed by atoms with E-state index in [0.717, 1.165) is 50.5 Å². The van der Waals surface area contributed by atoms with Gasteiger partial charge in [0.2, 0.25) is 6.29 Å². The van der Waals surface area contributed by atoms with Crippen LogP contribution >= 0.6 is 0 Å². The van der Waals surface area contributed by atoms with Crippen LogP contribution in [0.15, 0.2) is 36.4 Å². The van der Waals surface area contributed by atoms with Crippen molar-refractivity contribution in [3.63, 3.8) is 0 Å². The Kier molecular flexibility index (Phi) is 9.96. The first kappa shape index (κ1) is 40.0. The third-order valence-corrected chi connectivity index (χ3v) is 16.1. The summed E-state index contributed by atoms with van der Waals surface area (Å²) in [4.78, 5) is 50.8. The van der Waals surface area contributed by atoms with E-state index in [9.17, 15) is 24.3 Å². The Hall–Kier alpha value is -3.24. The molecule has 6 aliphatic rings. The maximum Gasteiger partial charge on any atom is 0.331 e. The van der Waals surface area contributed by atoms with Crippen molar-refractivity contribution in [3.8, 4) is 0 Å². The lowest BCUT2D eigenvalue weighted by Crippen LogP contribution is -2.67. The molecule has 5 aliphatic carbocycles. The average Bonchev–Trinajstić information content (AvgIpc) is 3.44. The van der Waals surface area contributed by atoms with Gasteiger partial charge in [-0.2, -0.15) is 0 Å². The van der Waals surface area contributed by atoms with E-state index < -0.39 is 36.0 Å². The number of carbonyl (C=O) groups excluding carboxylic acids is 4. The molecule has 55 heavy (non-hydrogen) atoms. The molecule has 13 atom stereocenters. The Balaban J connectivity index is 1.17. The normalized spacial score (nSPS) is 41.9. The molecule has 7 rings (SSSR count). The van der Waals surface area contributed by atoms with Crippen LogP contribution in [0.1, 0.15) is 126 Å². The van der Waals surface area contributed by atoms with Crippen molar-refractivity contribution >= 4 is 30.0 Å². The highest BCUT2D eigenvalue weighted by atomic mass is 16.7. The molecule has 1 aromatic rings. The van der Waals surface area contributed by atoms with Crippen LogP contribution in [0, 0.1) is 50.7 Å². The Labute approximate surface area is 326 Å². The fourth-order valence-corrected chi connectivity index (χ4v) is 14.1. The number of carbonyl (C=O) groups is 4.